The highest BCUT2D eigenvalue weighted by molar-refractivity contribution is 7.89. The molecule has 2 rings (SSSR count). The molecule has 0 aliphatic carbocycles. The molecular formula is C20H26N2O4S. The molecule has 0 saturated carbocycles. The van der Waals surface area contributed by atoms with Crippen LogP contribution in [-0.4, -0.2) is 46.0 Å². The van der Waals surface area contributed by atoms with E-state index in [4.69, 9.17) is 4.74 Å². The number of aryl methyl sites for hydroxylation is 1. The molecule has 1 amide bonds. The van der Waals surface area contributed by atoms with Crippen LogP contribution >= 0.6 is 0 Å². The summed E-state index contributed by atoms with van der Waals surface area (Å²) in [6.07, 6.45) is 0.668. The standard InChI is InChI=1S/C20H26N2O4S/c1-16-7-4-5-10-20(16)27(24,25)21-12-14-22(17(2)23)13-11-18-8-6-9-19(15-18)26-3/h4-10,15,21H,11-14H2,1-3H3. The van der Waals surface area contributed by atoms with Gasteiger partial charge in [0, 0.05) is 26.6 Å². The SMILES string of the molecule is COc1cccc(CCN(CCNS(=O)(=O)c2ccccc2C)C(C)=O)c1. The number of rotatable bonds is 9. The Labute approximate surface area is 161 Å². The zero-order chi connectivity index (χ0) is 19.9. The highest BCUT2D eigenvalue weighted by atomic mass is 32.2. The van der Waals surface area contributed by atoms with Crippen LogP contribution in [0, 0.1) is 6.92 Å². The van der Waals surface area contributed by atoms with E-state index in [1.807, 2.05) is 24.3 Å². The summed E-state index contributed by atoms with van der Waals surface area (Å²) in [5, 5.41) is 0. The van der Waals surface area contributed by atoms with Crippen molar-refractivity contribution in [2.24, 2.45) is 0 Å². The third-order valence-corrected chi connectivity index (χ3v) is 5.93. The van der Waals surface area contributed by atoms with Gasteiger partial charge >= 0.3 is 0 Å². The predicted octanol–water partition coefficient (Wildman–Crippen LogP) is 2.37. The molecule has 0 radical (unpaired) electrons. The molecule has 0 aliphatic heterocycles. The van der Waals surface area contributed by atoms with Gasteiger partial charge in [-0.3, -0.25) is 4.79 Å². The lowest BCUT2D eigenvalue weighted by Gasteiger charge is -2.21. The van der Waals surface area contributed by atoms with Crippen molar-refractivity contribution in [2.75, 3.05) is 26.7 Å². The van der Waals surface area contributed by atoms with E-state index >= 15 is 0 Å². The van der Waals surface area contributed by atoms with Crippen molar-refractivity contribution in [3.8, 4) is 5.75 Å². The number of methoxy groups -OCH3 is 1. The molecule has 6 nitrogen and oxygen atoms in total. The minimum atomic E-state index is -3.59. The van der Waals surface area contributed by atoms with Crippen LogP contribution in [0.15, 0.2) is 53.4 Å². The molecule has 0 heterocycles. The number of carbonyl (C=O) groups is 1. The average Bonchev–Trinajstić information content (AvgIpc) is 2.64. The van der Waals surface area contributed by atoms with Gasteiger partial charge in [0.2, 0.25) is 15.9 Å². The molecule has 0 fully saturated rings. The van der Waals surface area contributed by atoms with Gasteiger partial charge in [0.1, 0.15) is 5.75 Å². The summed E-state index contributed by atoms with van der Waals surface area (Å²) in [7, 11) is -1.98. The van der Waals surface area contributed by atoms with Gasteiger partial charge < -0.3 is 9.64 Å². The molecule has 0 aliphatic rings. The van der Waals surface area contributed by atoms with Crippen molar-refractivity contribution < 1.29 is 17.9 Å². The second-order valence-corrected chi connectivity index (χ2v) is 8.01. The Bertz CT molecular complexity index is 881. The van der Waals surface area contributed by atoms with Crippen LogP contribution in [0.2, 0.25) is 0 Å². The Hall–Kier alpha value is -2.38. The molecule has 0 aromatic heterocycles. The average molecular weight is 391 g/mol. The molecule has 27 heavy (non-hydrogen) atoms. The van der Waals surface area contributed by atoms with Crippen molar-refractivity contribution in [3.05, 3.63) is 59.7 Å². The van der Waals surface area contributed by atoms with E-state index in [9.17, 15) is 13.2 Å². The number of amides is 1. The molecule has 7 heteroatoms. The van der Waals surface area contributed by atoms with Crippen LogP contribution in [0.3, 0.4) is 0 Å². The van der Waals surface area contributed by atoms with Crippen molar-refractivity contribution in [2.45, 2.75) is 25.2 Å². The molecule has 1 N–H and O–H groups in total. The molecular weight excluding hydrogens is 364 g/mol. The number of nitrogens with one attached hydrogen (secondary N) is 1. The van der Waals surface area contributed by atoms with Gasteiger partial charge in [-0.2, -0.15) is 0 Å². The number of hydrogen-bond donors (Lipinski definition) is 1. The van der Waals surface area contributed by atoms with Crippen LogP contribution in [0.1, 0.15) is 18.1 Å². The number of ether oxygens (including phenoxy) is 1. The van der Waals surface area contributed by atoms with Gasteiger partial charge in [-0.05, 0) is 42.7 Å². The lowest BCUT2D eigenvalue weighted by Crippen LogP contribution is -2.38. The normalized spacial score (nSPS) is 11.2. The first kappa shape index (κ1) is 20.9. The summed E-state index contributed by atoms with van der Waals surface area (Å²) < 4.78 is 32.6. The zero-order valence-electron chi connectivity index (χ0n) is 15.9. The molecule has 146 valence electrons. The Balaban J connectivity index is 1.92. The number of hydrogen-bond acceptors (Lipinski definition) is 4. The number of carbonyl (C=O) groups excluding carboxylic acids is 1. The van der Waals surface area contributed by atoms with Crippen molar-refractivity contribution in [3.63, 3.8) is 0 Å². The fourth-order valence-electron chi connectivity index (χ4n) is 2.77. The van der Waals surface area contributed by atoms with E-state index in [1.54, 1.807) is 43.2 Å². The van der Waals surface area contributed by atoms with Gasteiger partial charge in [-0.15, -0.1) is 0 Å². The third kappa shape index (κ3) is 6.08. The Morgan fingerprint density at radius 2 is 1.85 bits per heavy atom. The summed E-state index contributed by atoms with van der Waals surface area (Å²) in [6.45, 7) is 4.22. The molecule has 0 bridgehead atoms. The van der Waals surface area contributed by atoms with E-state index in [2.05, 4.69) is 4.72 Å². The molecule has 0 spiro atoms. The summed E-state index contributed by atoms with van der Waals surface area (Å²) in [5.74, 6) is 0.681. The highest BCUT2D eigenvalue weighted by Crippen LogP contribution is 2.14. The topological polar surface area (TPSA) is 75.7 Å². The summed E-state index contributed by atoms with van der Waals surface area (Å²) in [5.41, 5.74) is 1.74. The molecule has 0 unspecified atom stereocenters. The maximum atomic E-state index is 12.4. The lowest BCUT2D eigenvalue weighted by atomic mass is 10.1. The van der Waals surface area contributed by atoms with E-state index in [0.717, 1.165) is 11.3 Å². The molecule has 0 saturated heterocycles. The van der Waals surface area contributed by atoms with E-state index in [-0.39, 0.29) is 17.3 Å². The first-order valence-electron chi connectivity index (χ1n) is 8.77. The van der Waals surface area contributed by atoms with Crippen LogP contribution in [-0.2, 0) is 21.2 Å². The Morgan fingerprint density at radius 1 is 1.11 bits per heavy atom. The van der Waals surface area contributed by atoms with E-state index in [0.29, 0.717) is 25.1 Å². The van der Waals surface area contributed by atoms with Crippen LogP contribution in [0.5, 0.6) is 5.75 Å². The van der Waals surface area contributed by atoms with Crippen LogP contribution < -0.4 is 9.46 Å². The second-order valence-electron chi connectivity index (χ2n) is 6.27. The van der Waals surface area contributed by atoms with Gasteiger partial charge in [-0.25, -0.2) is 13.1 Å². The second kappa shape index (κ2) is 9.53. The minimum absolute atomic E-state index is 0.0898. The third-order valence-electron chi connectivity index (χ3n) is 4.31. The smallest absolute Gasteiger partial charge is 0.240 e. The summed E-state index contributed by atoms with van der Waals surface area (Å²) in [4.78, 5) is 13.8. The molecule has 2 aromatic rings. The first-order chi connectivity index (χ1) is 12.8. The number of benzene rings is 2. The van der Waals surface area contributed by atoms with Crippen molar-refractivity contribution in [1.29, 1.82) is 0 Å². The van der Waals surface area contributed by atoms with Crippen molar-refractivity contribution >= 4 is 15.9 Å². The van der Waals surface area contributed by atoms with Gasteiger partial charge in [0.05, 0.1) is 12.0 Å². The largest absolute Gasteiger partial charge is 0.497 e. The quantitative estimate of drug-likeness (QED) is 0.713. The predicted molar refractivity (Wildman–Crippen MR) is 105 cm³/mol. The summed E-state index contributed by atoms with van der Waals surface area (Å²) >= 11 is 0. The zero-order valence-corrected chi connectivity index (χ0v) is 16.8. The fourth-order valence-corrected chi connectivity index (χ4v) is 4.03. The van der Waals surface area contributed by atoms with Crippen LogP contribution in [0.25, 0.3) is 0 Å². The maximum absolute atomic E-state index is 12.4. The van der Waals surface area contributed by atoms with Gasteiger partial charge in [0.15, 0.2) is 0 Å². The van der Waals surface area contributed by atoms with Gasteiger partial charge in [0.25, 0.3) is 0 Å². The molecule has 0 atom stereocenters. The van der Waals surface area contributed by atoms with Gasteiger partial charge in [-0.1, -0.05) is 30.3 Å². The monoisotopic (exact) mass is 390 g/mol. The minimum Gasteiger partial charge on any atom is -0.497 e. The van der Waals surface area contributed by atoms with Crippen molar-refractivity contribution in [1.82, 2.24) is 9.62 Å². The Kier molecular flexibility index (Phi) is 7.38. The summed E-state index contributed by atoms with van der Waals surface area (Å²) in [6, 6.07) is 14.5. The number of sulfonamides is 1. The van der Waals surface area contributed by atoms with E-state index < -0.39 is 10.0 Å². The molecule has 2 aromatic carbocycles. The van der Waals surface area contributed by atoms with E-state index in [1.165, 1.54) is 6.92 Å². The fraction of sp³-hybridized carbons (Fsp3) is 0.350. The Morgan fingerprint density at radius 3 is 2.52 bits per heavy atom. The maximum Gasteiger partial charge on any atom is 0.240 e. The van der Waals surface area contributed by atoms with Crippen LogP contribution in [0.4, 0.5) is 0 Å². The first-order valence-corrected chi connectivity index (χ1v) is 10.3. The highest BCUT2D eigenvalue weighted by Gasteiger charge is 2.17. The lowest BCUT2D eigenvalue weighted by molar-refractivity contribution is -0.128. The number of nitrogens with zero attached hydrogens (tertiary/aromatic N) is 1.